The van der Waals surface area contributed by atoms with Crippen molar-refractivity contribution in [2.75, 3.05) is 32.2 Å². The molecule has 1 aliphatic heterocycles. The van der Waals surface area contributed by atoms with E-state index in [2.05, 4.69) is 5.32 Å². The minimum Gasteiger partial charge on any atom is -0.495 e. The lowest BCUT2D eigenvalue weighted by Gasteiger charge is -2.24. The van der Waals surface area contributed by atoms with Gasteiger partial charge in [-0.15, -0.1) is 0 Å². The van der Waals surface area contributed by atoms with Crippen molar-refractivity contribution in [3.63, 3.8) is 0 Å². The number of nitrogens with one attached hydrogen (secondary N) is 1. The summed E-state index contributed by atoms with van der Waals surface area (Å²) < 4.78 is 27.8. The third-order valence-electron chi connectivity index (χ3n) is 5.23. The van der Waals surface area contributed by atoms with E-state index in [0.29, 0.717) is 44.8 Å². The van der Waals surface area contributed by atoms with Gasteiger partial charge in [0.2, 0.25) is 0 Å². The highest BCUT2D eigenvalue weighted by Crippen LogP contribution is 2.45. The molecule has 2 aromatic rings. The Morgan fingerprint density at radius 2 is 1.89 bits per heavy atom. The molecule has 0 bridgehead atoms. The highest BCUT2D eigenvalue weighted by molar-refractivity contribution is 7.80. The van der Waals surface area contributed by atoms with Crippen LogP contribution < -0.4 is 14.8 Å². The van der Waals surface area contributed by atoms with Crippen molar-refractivity contribution >= 4 is 58.0 Å². The minimum absolute atomic E-state index is 0.0991. The summed E-state index contributed by atoms with van der Waals surface area (Å²) in [5, 5.41) is 3.92. The summed E-state index contributed by atoms with van der Waals surface area (Å²) in [5.41, 5.74) is 1.74. The molecule has 11 heteroatoms. The highest BCUT2D eigenvalue weighted by Gasteiger charge is 2.34. The number of ether oxygens (including phenoxy) is 5. The molecule has 3 rings (SSSR count). The molecule has 1 N–H and O–H groups in total. The molecule has 0 saturated heterocycles. The fourth-order valence-corrected chi connectivity index (χ4v) is 4.42. The molecule has 0 amide bonds. The quantitative estimate of drug-likeness (QED) is 0.231. The summed E-state index contributed by atoms with van der Waals surface area (Å²) in [4.78, 5) is 23.6. The smallest absolute Gasteiger partial charge is 0.308 e. The molecule has 2 aromatic carbocycles. The first-order valence-corrected chi connectivity index (χ1v) is 12.5. The average Bonchev–Trinajstić information content (AvgIpc) is 2.95. The third kappa shape index (κ3) is 7.00. The Balaban J connectivity index is 2.03. The zero-order chi connectivity index (χ0) is 26.2. The Labute approximate surface area is 225 Å². The van der Waals surface area contributed by atoms with Crippen LogP contribution in [0.15, 0.2) is 30.3 Å². The van der Waals surface area contributed by atoms with E-state index in [0.717, 1.165) is 0 Å². The molecule has 0 saturated carbocycles. The van der Waals surface area contributed by atoms with E-state index in [4.69, 9.17) is 59.1 Å². The van der Waals surface area contributed by atoms with Gasteiger partial charge in [-0.25, -0.2) is 0 Å². The van der Waals surface area contributed by atoms with Gasteiger partial charge in [0.05, 0.1) is 44.1 Å². The van der Waals surface area contributed by atoms with Crippen LogP contribution in [0.4, 0.5) is 5.69 Å². The first-order chi connectivity index (χ1) is 17.2. The second kappa shape index (κ2) is 13.1. The Morgan fingerprint density at radius 3 is 2.58 bits per heavy atom. The van der Waals surface area contributed by atoms with Crippen molar-refractivity contribution in [1.82, 2.24) is 0 Å². The van der Waals surface area contributed by atoms with Crippen LogP contribution in [0, 0.1) is 0 Å². The molecule has 0 fully saturated rings. The van der Waals surface area contributed by atoms with Crippen molar-refractivity contribution in [3.05, 3.63) is 51.5 Å². The van der Waals surface area contributed by atoms with E-state index < -0.39 is 18.2 Å². The predicted octanol–water partition coefficient (Wildman–Crippen LogP) is 5.51. The highest BCUT2D eigenvalue weighted by atomic mass is 35.5. The van der Waals surface area contributed by atoms with Gasteiger partial charge in [-0.1, -0.05) is 47.6 Å². The van der Waals surface area contributed by atoms with E-state index in [1.165, 1.54) is 14.0 Å². The fourth-order valence-electron chi connectivity index (χ4n) is 3.66. The van der Waals surface area contributed by atoms with Crippen LogP contribution in [0.3, 0.4) is 0 Å². The van der Waals surface area contributed by atoms with Crippen molar-refractivity contribution in [3.8, 4) is 11.5 Å². The van der Waals surface area contributed by atoms with Gasteiger partial charge in [0.25, 0.3) is 0 Å². The van der Waals surface area contributed by atoms with Crippen LogP contribution in [0.25, 0.3) is 0 Å². The lowest BCUT2D eigenvalue weighted by atomic mass is 9.98. The molecule has 0 aliphatic carbocycles. The maximum absolute atomic E-state index is 12.3. The molecule has 2 atom stereocenters. The number of methoxy groups -OCH3 is 1. The van der Waals surface area contributed by atoms with Gasteiger partial charge in [-0.3, -0.25) is 9.59 Å². The summed E-state index contributed by atoms with van der Waals surface area (Å²) in [6.45, 7) is 3.78. The van der Waals surface area contributed by atoms with Crippen molar-refractivity contribution in [2.45, 2.75) is 38.9 Å². The number of benzene rings is 2. The summed E-state index contributed by atoms with van der Waals surface area (Å²) >= 11 is 18.7. The number of esters is 2. The van der Waals surface area contributed by atoms with Gasteiger partial charge < -0.3 is 29.0 Å². The summed E-state index contributed by atoms with van der Waals surface area (Å²) in [7, 11) is 1.52. The molecule has 0 radical (unpaired) electrons. The first kappa shape index (κ1) is 28.0. The molecular weight excluding hydrogens is 529 g/mol. The van der Waals surface area contributed by atoms with Crippen LogP contribution >= 0.6 is 35.4 Å². The fraction of sp³-hybridized carbons (Fsp3) is 0.400. The number of hydrogen-bond acceptors (Lipinski definition) is 8. The molecule has 0 aromatic heterocycles. The lowest BCUT2D eigenvalue weighted by molar-refractivity contribution is -0.145. The molecule has 1 aliphatic rings. The van der Waals surface area contributed by atoms with Gasteiger partial charge >= 0.3 is 11.9 Å². The van der Waals surface area contributed by atoms with E-state index in [1.54, 1.807) is 37.3 Å². The van der Waals surface area contributed by atoms with Crippen LogP contribution in [0.2, 0.25) is 10.0 Å². The topological polar surface area (TPSA) is 92.3 Å². The predicted molar refractivity (Wildman–Crippen MR) is 140 cm³/mol. The normalized spacial score (nSPS) is 16.9. The van der Waals surface area contributed by atoms with Crippen molar-refractivity contribution < 1.29 is 33.3 Å². The van der Waals surface area contributed by atoms with Gasteiger partial charge in [0.1, 0.15) is 28.7 Å². The number of halogens is 2. The SMILES string of the molecule is CCOC(=O)C[C@H]1O[C@H](c2cccc(OC)c2Cl)c2cc(Cl)cc(OCCCOC(C)=O)c2NC1=S. The van der Waals surface area contributed by atoms with E-state index in [-0.39, 0.29) is 37.2 Å². The van der Waals surface area contributed by atoms with E-state index in [9.17, 15) is 9.59 Å². The standard InChI is InChI=1S/C25H27Cl2NO7S/c1-4-32-21(30)13-20-25(36)28-23-17(24(35-20)16-7-5-8-18(31-3)22(16)27)11-15(26)12-19(23)34-10-6-9-33-14(2)29/h5,7-8,11-12,20,24H,4,6,9-10,13H2,1-3H3,(H,28,36)/t20-,24-/m1/s1. The van der Waals surface area contributed by atoms with Gasteiger partial charge in [-0.05, 0) is 19.1 Å². The van der Waals surface area contributed by atoms with Crippen LogP contribution in [0.1, 0.15) is 43.9 Å². The number of fused-ring (bicyclic) bond motifs is 1. The van der Waals surface area contributed by atoms with E-state index >= 15 is 0 Å². The Kier molecular flexibility index (Phi) is 10.2. The summed E-state index contributed by atoms with van der Waals surface area (Å²) in [6.07, 6.45) is -1.21. The number of hydrogen-bond donors (Lipinski definition) is 1. The van der Waals surface area contributed by atoms with Crippen molar-refractivity contribution in [2.24, 2.45) is 0 Å². The number of carbonyl (C=O) groups excluding carboxylic acids is 2. The van der Waals surface area contributed by atoms with Crippen molar-refractivity contribution in [1.29, 1.82) is 0 Å². The first-order valence-electron chi connectivity index (χ1n) is 11.3. The molecule has 0 spiro atoms. The zero-order valence-corrected chi connectivity index (χ0v) is 22.4. The van der Waals surface area contributed by atoms with Gasteiger partial charge in [-0.2, -0.15) is 0 Å². The van der Waals surface area contributed by atoms with Crippen LogP contribution in [-0.4, -0.2) is 50.0 Å². The Hall–Kier alpha value is -2.59. The molecule has 1 heterocycles. The summed E-state index contributed by atoms with van der Waals surface area (Å²) in [5.74, 6) is 0.0756. The van der Waals surface area contributed by atoms with Gasteiger partial charge in [0.15, 0.2) is 0 Å². The second-order valence-corrected chi connectivity index (χ2v) is 9.03. The van der Waals surface area contributed by atoms with Crippen LogP contribution in [0.5, 0.6) is 11.5 Å². The van der Waals surface area contributed by atoms with E-state index in [1.807, 2.05) is 0 Å². The maximum atomic E-state index is 12.3. The molecule has 194 valence electrons. The Bertz CT molecular complexity index is 1130. The van der Waals surface area contributed by atoms with Gasteiger partial charge in [0, 0.05) is 35.6 Å². The van der Waals surface area contributed by atoms with Crippen LogP contribution in [-0.2, 0) is 23.8 Å². The molecule has 0 unspecified atom stereocenters. The molecule has 36 heavy (non-hydrogen) atoms. The second-order valence-electron chi connectivity index (χ2n) is 7.78. The summed E-state index contributed by atoms with van der Waals surface area (Å²) in [6, 6.07) is 8.70. The monoisotopic (exact) mass is 555 g/mol. The molecular formula is C25H27Cl2NO7S. The maximum Gasteiger partial charge on any atom is 0.308 e. The number of rotatable bonds is 10. The third-order valence-corrected chi connectivity index (χ3v) is 6.21. The number of thiocarbonyl (C=S) groups is 1. The largest absolute Gasteiger partial charge is 0.495 e. The molecule has 8 nitrogen and oxygen atoms in total. The number of carbonyl (C=O) groups is 2. The Morgan fingerprint density at radius 1 is 1.11 bits per heavy atom. The lowest BCUT2D eigenvalue weighted by Crippen LogP contribution is -2.31. The number of anilines is 1. The zero-order valence-electron chi connectivity index (χ0n) is 20.1. The average molecular weight is 556 g/mol. The minimum atomic E-state index is -0.811.